The lowest BCUT2D eigenvalue weighted by atomic mass is 9.95. The van der Waals surface area contributed by atoms with Gasteiger partial charge >= 0.3 is 0 Å². The van der Waals surface area contributed by atoms with Crippen LogP contribution in [0.3, 0.4) is 0 Å². The van der Waals surface area contributed by atoms with Gasteiger partial charge in [-0.15, -0.1) is 0 Å². The van der Waals surface area contributed by atoms with Gasteiger partial charge in [-0.2, -0.15) is 0 Å². The van der Waals surface area contributed by atoms with E-state index in [1.165, 1.54) is 11.1 Å². The average Bonchev–Trinajstić information content (AvgIpc) is 3.29. The Morgan fingerprint density at radius 3 is 2.09 bits per heavy atom. The van der Waals surface area contributed by atoms with Gasteiger partial charge in [0, 0.05) is 45.1 Å². The molecular formula is C29H36N2O4. The second kappa shape index (κ2) is 11.6. The van der Waals surface area contributed by atoms with E-state index in [1.54, 1.807) is 28.9 Å². The van der Waals surface area contributed by atoms with Gasteiger partial charge in [-0.1, -0.05) is 48.5 Å². The number of rotatable bonds is 9. The Kier molecular flexibility index (Phi) is 8.34. The minimum Gasteiger partial charge on any atom is -0.393 e. The van der Waals surface area contributed by atoms with E-state index < -0.39 is 6.10 Å². The Hall–Kier alpha value is -2.99. The van der Waals surface area contributed by atoms with E-state index in [-0.39, 0.29) is 24.0 Å². The number of fused-ring (bicyclic) bond motifs is 1. The maximum absolute atomic E-state index is 12.6. The van der Waals surface area contributed by atoms with Crippen LogP contribution in [-0.4, -0.2) is 64.8 Å². The first-order chi connectivity index (χ1) is 16.9. The number of hydrogen-bond donors (Lipinski definition) is 1. The Morgan fingerprint density at radius 2 is 1.49 bits per heavy atom. The van der Waals surface area contributed by atoms with Crippen molar-refractivity contribution < 1.29 is 19.5 Å². The van der Waals surface area contributed by atoms with Crippen LogP contribution in [0.15, 0.2) is 48.5 Å². The van der Waals surface area contributed by atoms with Crippen molar-refractivity contribution in [2.24, 2.45) is 5.92 Å². The van der Waals surface area contributed by atoms with Crippen molar-refractivity contribution in [3.05, 3.63) is 70.8 Å². The Balaban J connectivity index is 1.16. The molecule has 1 fully saturated rings. The number of carbonyl (C=O) groups excluding carboxylic acids is 3. The number of amides is 2. The summed E-state index contributed by atoms with van der Waals surface area (Å²) in [5, 5.41) is 10.4. The zero-order valence-corrected chi connectivity index (χ0v) is 20.6. The maximum atomic E-state index is 12.6. The zero-order chi connectivity index (χ0) is 24.8. The number of hydrogen-bond acceptors (Lipinski definition) is 4. The molecule has 0 aromatic heterocycles. The van der Waals surface area contributed by atoms with E-state index >= 15 is 0 Å². The minimum absolute atomic E-state index is 0.0237. The maximum Gasteiger partial charge on any atom is 0.227 e. The van der Waals surface area contributed by atoms with Crippen LogP contribution >= 0.6 is 0 Å². The second-order valence-electron chi connectivity index (χ2n) is 10.00. The Bertz CT molecular complexity index is 1020. The van der Waals surface area contributed by atoms with Gasteiger partial charge in [0.15, 0.2) is 5.78 Å². The standard InChI is InChI=1S/C29H36N2O4/c1-21(32)30-14-16-31(17-15-30)29(35)20-22-6-9-24(10-7-22)28(34)13-12-27(33)11-8-23-18-25-4-2-3-5-26(25)19-23/h2-7,9-10,23,27,33H,8,11-20H2,1H3. The number of ketones is 1. The van der Waals surface area contributed by atoms with E-state index in [2.05, 4.69) is 24.3 Å². The molecular weight excluding hydrogens is 440 g/mol. The third-order valence-corrected chi connectivity index (χ3v) is 7.46. The van der Waals surface area contributed by atoms with Gasteiger partial charge in [0.2, 0.25) is 11.8 Å². The van der Waals surface area contributed by atoms with Crippen molar-refractivity contribution in [2.45, 2.75) is 58.0 Å². The number of Topliss-reactive ketones (excluding diaryl/α,β-unsaturated/α-hetero) is 1. The van der Waals surface area contributed by atoms with Gasteiger partial charge in [0.25, 0.3) is 0 Å². The largest absolute Gasteiger partial charge is 0.393 e. The molecule has 1 saturated heterocycles. The number of aliphatic hydroxyl groups excluding tert-OH is 1. The lowest BCUT2D eigenvalue weighted by molar-refractivity contribution is -0.138. The lowest BCUT2D eigenvalue weighted by Gasteiger charge is -2.34. The smallest absolute Gasteiger partial charge is 0.227 e. The SMILES string of the molecule is CC(=O)N1CCN(C(=O)Cc2ccc(C(=O)CCC(O)CCC3Cc4ccccc4C3)cc2)CC1. The first kappa shape index (κ1) is 25.1. The molecule has 2 amide bonds. The summed E-state index contributed by atoms with van der Waals surface area (Å²) < 4.78 is 0. The van der Waals surface area contributed by atoms with E-state index in [1.807, 2.05) is 12.1 Å². The number of piperazine rings is 1. The molecule has 4 rings (SSSR count). The van der Waals surface area contributed by atoms with Crippen molar-refractivity contribution in [3.8, 4) is 0 Å². The fraction of sp³-hybridized carbons (Fsp3) is 0.483. The molecule has 0 saturated carbocycles. The molecule has 6 nitrogen and oxygen atoms in total. The number of carbonyl (C=O) groups is 3. The summed E-state index contributed by atoms with van der Waals surface area (Å²) in [6.45, 7) is 3.83. The summed E-state index contributed by atoms with van der Waals surface area (Å²) in [7, 11) is 0. The predicted octanol–water partition coefficient (Wildman–Crippen LogP) is 3.44. The van der Waals surface area contributed by atoms with Crippen LogP contribution in [0.1, 0.15) is 59.7 Å². The molecule has 0 radical (unpaired) electrons. The molecule has 6 heteroatoms. The van der Waals surface area contributed by atoms with Gasteiger partial charge in [-0.25, -0.2) is 0 Å². The van der Waals surface area contributed by atoms with E-state index in [0.29, 0.717) is 50.5 Å². The molecule has 1 atom stereocenters. The average molecular weight is 477 g/mol. The Morgan fingerprint density at radius 1 is 0.886 bits per heavy atom. The second-order valence-corrected chi connectivity index (χ2v) is 10.00. The quantitative estimate of drug-likeness (QED) is 0.563. The first-order valence-corrected chi connectivity index (χ1v) is 12.8. The molecule has 0 spiro atoms. The van der Waals surface area contributed by atoms with Crippen molar-refractivity contribution in [1.82, 2.24) is 9.80 Å². The number of nitrogens with zero attached hydrogens (tertiary/aromatic N) is 2. The van der Waals surface area contributed by atoms with Gasteiger partial charge in [-0.05, 0) is 54.7 Å². The molecule has 0 bridgehead atoms. The third-order valence-electron chi connectivity index (χ3n) is 7.46. The molecule has 2 aliphatic rings. The summed E-state index contributed by atoms with van der Waals surface area (Å²) in [5.41, 5.74) is 4.36. The van der Waals surface area contributed by atoms with Crippen LogP contribution in [0.5, 0.6) is 0 Å². The van der Waals surface area contributed by atoms with Crippen LogP contribution in [0, 0.1) is 5.92 Å². The van der Waals surface area contributed by atoms with Crippen molar-refractivity contribution in [2.75, 3.05) is 26.2 Å². The predicted molar refractivity (Wildman–Crippen MR) is 135 cm³/mol. The molecule has 1 aliphatic carbocycles. The van der Waals surface area contributed by atoms with Crippen LogP contribution in [0.2, 0.25) is 0 Å². The van der Waals surface area contributed by atoms with E-state index in [9.17, 15) is 19.5 Å². The third kappa shape index (κ3) is 6.79. The van der Waals surface area contributed by atoms with Crippen LogP contribution in [-0.2, 0) is 28.9 Å². The van der Waals surface area contributed by atoms with Crippen LogP contribution in [0.4, 0.5) is 0 Å². The van der Waals surface area contributed by atoms with Crippen molar-refractivity contribution >= 4 is 17.6 Å². The summed E-state index contributed by atoms with van der Waals surface area (Å²) >= 11 is 0. The fourth-order valence-electron chi connectivity index (χ4n) is 5.23. The summed E-state index contributed by atoms with van der Waals surface area (Å²) in [4.78, 5) is 40.2. The number of aliphatic hydroxyl groups is 1. The van der Waals surface area contributed by atoms with Crippen LogP contribution in [0.25, 0.3) is 0 Å². The molecule has 1 unspecified atom stereocenters. The van der Waals surface area contributed by atoms with E-state index in [0.717, 1.165) is 31.2 Å². The summed E-state index contributed by atoms with van der Waals surface area (Å²) in [5.74, 6) is 0.701. The molecule has 1 heterocycles. The highest BCUT2D eigenvalue weighted by Crippen LogP contribution is 2.30. The fourth-order valence-corrected chi connectivity index (χ4v) is 5.23. The van der Waals surface area contributed by atoms with Gasteiger partial charge < -0.3 is 14.9 Å². The topological polar surface area (TPSA) is 77.9 Å². The molecule has 35 heavy (non-hydrogen) atoms. The molecule has 2 aromatic rings. The van der Waals surface area contributed by atoms with Gasteiger partial charge in [-0.3, -0.25) is 14.4 Å². The molecule has 1 N–H and O–H groups in total. The zero-order valence-electron chi connectivity index (χ0n) is 20.6. The molecule has 2 aromatic carbocycles. The first-order valence-electron chi connectivity index (χ1n) is 12.8. The molecule has 186 valence electrons. The van der Waals surface area contributed by atoms with Crippen LogP contribution < -0.4 is 0 Å². The highest BCUT2D eigenvalue weighted by molar-refractivity contribution is 5.96. The highest BCUT2D eigenvalue weighted by atomic mass is 16.3. The Labute approximate surface area is 207 Å². The van der Waals surface area contributed by atoms with Gasteiger partial charge in [0.05, 0.1) is 12.5 Å². The summed E-state index contributed by atoms with van der Waals surface area (Å²) in [6.07, 6.45) is 4.53. The van der Waals surface area contributed by atoms with Gasteiger partial charge in [0.1, 0.15) is 0 Å². The van der Waals surface area contributed by atoms with Crippen molar-refractivity contribution in [1.29, 1.82) is 0 Å². The van der Waals surface area contributed by atoms with Crippen molar-refractivity contribution in [3.63, 3.8) is 0 Å². The lowest BCUT2D eigenvalue weighted by Crippen LogP contribution is -2.50. The summed E-state index contributed by atoms with van der Waals surface area (Å²) in [6, 6.07) is 15.8. The monoisotopic (exact) mass is 476 g/mol. The molecule has 1 aliphatic heterocycles. The normalized spacial score (nSPS) is 16.7. The minimum atomic E-state index is -0.456. The van der Waals surface area contributed by atoms with E-state index in [4.69, 9.17) is 0 Å². The number of benzene rings is 2. The highest BCUT2D eigenvalue weighted by Gasteiger charge is 2.23.